The first kappa shape index (κ1) is 15.5. The molecule has 2 rings (SSSR count). The summed E-state index contributed by atoms with van der Waals surface area (Å²) in [5, 5.41) is 20.4. The minimum Gasteiger partial charge on any atom is -0.490 e. The van der Waals surface area contributed by atoms with Gasteiger partial charge in [0.1, 0.15) is 0 Å². The van der Waals surface area contributed by atoms with Gasteiger partial charge in [0.2, 0.25) is 0 Å². The summed E-state index contributed by atoms with van der Waals surface area (Å²) in [5.41, 5.74) is 0.295. The van der Waals surface area contributed by atoms with Crippen LogP contribution < -0.4 is 4.74 Å². The Balaban J connectivity index is 2.55. The van der Waals surface area contributed by atoms with Crippen LogP contribution in [0.15, 0.2) is 36.9 Å². The lowest BCUT2D eigenvalue weighted by Crippen LogP contribution is -2.24. The lowest BCUT2D eigenvalue weighted by molar-refractivity contribution is -0.385. The van der Waals surface area contributed by atoms with Gasteiger partial charge in [-0.1, -0.05) is 6.07 Å². The molecule has 1 aromatic heterocycles. The minimum absolute atomic E-state index is 0.126. The fraction of sp³-hybridized carbons (Fsp3) is 0.286. The highest BCUT2D eigenvalue weighted by Crippen LogP contribution is 2.34. The Kier molecular flexibility index (Phi) is 4.40. The maximum Gasteiger partial charge on any atom is 0.311 e. The number of aliphatic carboxylic acids is 1. The number of aromatic nitrogens is 2. The normalized spacial score (nSPS) is 13.4. The number of benzene rings is 1. The zero-order valence-corrected chi connectivity index (χ0v) is 12.0. The van der Waals surface area contributed by atoms with Crippen molar-refractivity contribution in [1.29, 1.82) is 0 Å². The quantitative estimate of drug-likeness (QED) is 0.647. The second-order valence-corrected chi connectivity index (χ2v) is 4.77. The van der Waals surface area contributed by atoms with E-state index in [0.29, 0.717) is 5.56 Å². The van der Waals surface area contributed by atoms with E-state index in [2.05, 4.69) is 4.98 Å². The molecule has 0 spiro atoms. The lowest BCUT2D eigenvalue weighted by atomic mass is 9.94. The van der Waals surface area contributed by atoms with Crippen molar-refractivity contribution >= 4 is 11.7 Å². The highest BCUT2D eigenvalue weighted by atomic mass is 16.6. The first-order valence-electron chi connectivity index (χ1n) is 6.48. The van der Waals surface area contributed by atoms with Crippen molar-refractivity contribution in [2.45, 2.75) is 13.0 Å². The maximum absolute atomic E-state index is 11.4. The van der Waals surface area contributed by atoms with Gasteiger partial charge in [-0.3, -0.25) is 14.9 Å². The van der Waals surface area contributed by atoms with Gasteiger partial charge < -0.3 is 14.4 Å². The van der Waals surface area contributed by atoms with Crippen LogP contribution in [0.5, 0.6) is 5.75 Å². The van der Waals surface area contributed by atoms with E-state index in [9.17, 15) is 20.0 Å². The zero-order valence-electron chi connectivity index (χ0n) is 12.0. The van der Waals surface area contributed by atoms with Crippen LogP contribution in [-0.4, -0.2) is 32.7 Å². The molecule has 116 valence electrons. The lowest BCUT2D eigenvalue weighted by Gasteiger charge is -2.23. The first-order valence-corrected chi connectivity index (χ1v) is 6.48. The Bertz CT molecular complexity index is 684. The van der Waals surface area contributed by atoms with Gasteiger partial charge in [0.25, 0.3) is 0 Å². The molecule has 0 saturated carbocycles. The number of imidazole rings is 1. The number of carboxylic acids is 1. The van der Waals surface area contributed by atoms with E-state index in [1.54, 1.807) is 23.8 Å². The average molecular weight is 305 g/mol. The fourth-order valence-corrected chi connectivity index (χ4v) is 2.32. The first-order chi connectivity index (χ1) is 10.5. The molecule has 1 heterocycles. The summed E-state index contributed by atoms with van der Waals surface area (Å²) < 4.78 is 6.58. The van der Waals surface area contributed by atoms with Crippen LogP contribution in [0, 0.1) is 16.0 Å². The van der Waals surface area contributed by atoms with Gasteiger partial charge in [-0.25, -0.2) is 4.98 Å². The van der Waals surface area contributed by atoms with Gasteiger partial charge in [-0.2, -0.15) is 0 Å². The third-order valence-corrected chi connectivity index (χ3v) is 3.45. The molecule has 0 fully saturated rings. The fourth-order valence-electron chi connectivity index (χ4n) is 2.32. The van der Waals surface area contributed by atoms with Crippen LogP contribution in [0.25, 0.3) is 0 Å². The predicted octanol–water partition coefficient (Wildman–Crippen LogP) is 2.11. The topological polar surface area (TPSA) is 107 Å². The summed E-state index contributed by atoms with van der Waals surface area (Å²) in [6, 6.07) is 3.81. The van der Waals surface area contributed by atoms with E-state index in [1.165, 1.54) is 31.8 Å². The number of carboxylic acid groups (broad SMARTS) is 1. The van der Waals surface area contributed by atoms with Crippen molar-refractivity contribution in [2.75, 3.05) is 7.11 Å². The van der Waals surface area contributed by atoms with Crippen molar-refractivity contribution in [3.63, 3.8) is 0 Å². The summed E-state index contributed by atoms with van der Waals surface area (Å²) in [5.74, 6) is -1.67. The van der Waals surface area contributed by atoms with E-state index >= 15 is 0 Å². The van der Waals surface area contributed by atoms with Gasteiger partial charge >= 0.3 is 11.7 Å². The molecule has 0 amide bonds. The van der Waals surface area contributed by atoms with E-state index in [1.807, 2.05) is 0 Å². The van der Waals surface area contributed by atoms with Gasteiger partial charge in [0.05, 0.1) is 30.3 Å². The molecular formula is C14H15N3O5. The number of methoxy groups -OCH3 is 1. The number of nitrogens with zero attached hydrogens (tertiary/aromatic N) is 3. The monoisotopic (exact) mass is 305 g/mol. The molecule has 1 N–H and O–H groups in total. The maximum atomic E-state index is 11.4. The Morgan fingerprint density at radius 3 is 2.73 bits per heavy atom. The Morgan fingerprint density at radius 1 is 1.50 bits per heavy atom. The van der Waals surface area contributed by atoms with Crippen LogP contribution >= 0.6 is 0 Å². The van der Waals surface area contributed by atoms with Crippen molar-refractivity contribution in [3.05, 3.63) is 52.6 Å². The van der Waals surface area contributed by atoms with Gasteiger partial charge in [0, 0.05) is 18.5 Å². The number of rotatable bonds is 6. The number of carbonyl (C=O) groups is 1. The number of nitro groups is 1. The molecule has 0 bridgehead atoms. The molecule has 2 unspecified atom stereocenters. The van der Waals surface area contributed by atoms with Crippen molar-refractivity contribution in [2.24, 2.45) is 5.92 Å². The Labute approximate surface area is 126 Å². The van der Waals surface area contributed by atoms with Gasteiger partial charge in [-0.05, 0) is 18.6 Å². The SMILES string of the molecule is COc1ccc(C(C(C)C(=O)O)n2ccnc2)cc1[N+](=O)[O-]. The van der Waals surface area contributed by atoms with E-state index in [0.717, 1.165) is 0 Å². The van der Waals surface area contributed by atoms with Crippen LogP contribution in [0.2, 0.25) is 0 Å². The third-order valence-electron chi connectivity index (χ3n) is 3.45. The second kappa shape index (κ2) is 6.25. The summed E-state index contributed by atoms with van der Waals surface area (Å²) in [6.45, 7) is 1.54. The standard InChI is InChI=1S/C14H15N3O5/c1-9(14(18)19)13(16-6-5-15-8-16)10-3-4-12(22-2)11(7-10)17(20)21/h3-9,13H,1-2H3,(H,18,19). The van der Waals surface area contributed by atoms with Crippen molar-refractivity contribution in [1.82, 2.24) is 9.55 Å². The molecule has 8 heteroatoms. The van der Waals surface area contributed by atoms with Crippen LogP contribution in [0.3, 0.4) is 0 Å². The summed E-state index contributed by atoms with van der Waals surface area (Å²) in [7, 11) is 1.34. The average Bonchev–Trinajstić information content (AvgIpc) is 3.01. The predicted molar refractivity (Wildman–Crippen MR) is 76.8 cm³/mol. The van der Waals surface area contributed by atoms with Crippen molar-refractivity contribution in [3.8, 4) is 5.75 Å². The second-order valence-electron chi connectivity index (χ2n) is 4.77. The molecule has 2 atom stereocenters. The van der Waals surface area contributed by atoms with Gasteiger partial charge in [-0.15, -0.1) is 0 Å². The van der Waals surface area contributed by atoms with Crippen LogP contribution in [0.1, 0.15) is 18.5 Å². The highest BCUT2D eigenvalue weighted by molar-refractivity contribution is 5.71. The molecule has 0 aliphatic rings. The molecular weight excluding hydrogens is 290 g/mol. The molecule has 8 nitrogen and oxygen atoms in total. The molecule has 2 aromatic rings. The zero-order chi connectivity index (χ0) is 16.3. The molecule has 0 saturated heterocycles. The van der Waals surface area contributed by atoms with Crippen LogP contribution in [0.4, 0.5) is 5.69 Å². The van der Waals surface area contributed by atoms with Gasteiger partial charge in [0.15, 0.2) is 5.75 Å². The molecule has 1 aromatic carbocycles. The smallest absolute Gasteiger partial charge is 0.311 e. The Hall–Kier alpha value is -2.90. The number of nitro benzene ring substituents is 1. The summed E-state index contributed by atoms with van der Waals surface area (Å²) >= 11 is 0. The number of hydrogen-bond acceptors (Lipinski definition) is 5. The molecule has 0 radical (unpaired) electrons. The Morgan fingerprint density at radius 2 is 2.23 bits per heavy atom. The van der Waals surface area contributed by atoms with E-state index < -0.39 is 22.9 Å². The molecule has 22 heavy (non-hydrogen) atoms. The minimum atomic E-state index is -1.00. The molecule has 0 aliphatic carbocycles. The van der Waals surface area contributed by atoms with Crippen LogP contribution in [-0.2, 0) is 4.79 Å². The number of hydrogen-bond donors (Lipinski definition) is 1. The third kappa shape index (κ3) is 2.90. The van der Waals surface area contributed by atoms with Crippen molar-refractivity contribution < 1.29 is 19.6 Å². The summed E-state index contributed by atoms with van der Waals surface area (Å²) in [6.07, 6.45) is 4.64. The number of ether oxygens (including phenoxy) is 1. The van der Waals surface area contributed by atoms with E-state index in [-0.39, 0.29) is 11.4 Å². The van der Waals surface area contributed by atoms with E-state index in [4.69, 9.17) is 4.74 Å². The summed E-state index contributed by atoms with van der Waals surface area (Å²) in [4.78, 5) is 25.9. The highest BCUT2D eigenvalue weighted by Gasteiger charge is 2.29. The largest absolute Gasteiger partial charge is 0.490 e. The molecule has 0 aliphatic heterocycles.